The Morgan fingerprint density at radius 2 is 1.19 bits per heavy atom. The standard InChI is InChI=1S/C22H30NO2P/c1-18(2)15-23(16-19(3)4)22(24)17-26(25,20-11-7-5-8-12-20)21-13-9-6-10-14-21/h5-14,18-19H,15-17H2,1-4H3. The molecule has 0 aliphatic heterocycles. The molecule has 0 N–H and O–H groups in total. The molecule has 1 amide bonds. The maximum atomic E-state index is 14.1. The Balaban J connectivity index is 2.38. The monoisotopic (exact) mass is 371 g/mol. The van der Waals surface area contributed by atoms with E-state index in [0.29, 0.717) is 24.9 Å². The molecule has 0 saturated carbocycles. The summed E-state index contributed by atoms with van der Waals surface area (Å²) in [4.78, 5) is 15.0. The van der Waals surface area contributed by atoms with Gasteiger partial charge in [0.2, 0.25) is 5.91 Å². The van der Waals surface area contributed by atoms with Gasteiger partial charge in [0, 0.05) is 23.7 Å². The van der Waals surface area contributed by atoms with Gasteiger partial charge in [-0.25, -0.2) is 0 Å². The van der Waals surface area contributed by atoms with Gasteiger partial charge in [0.25, 0.3) is 0 Å². The van der Waals surface area contributed by atoms with Crippen LogP contribution in [0.2, 0.25) is 0 Å². The molecule has 2 aromatic carbocycles. The van der Waals surface area contributed by atoms with Gasteiger partial charge in [0.15, 0.2) is 7.14 Å². The third-order valence-electron chi connectivity index (χ3n) is 4.23. The number of hydrogen-bond acceptors (Lipinski definition) is 2. The maximum Gasteiger partial charge on any atom is 0.230 e. The fourth-order valence-electron chi connectivity index (χ4n) is 3.12. The minimum absolute atomic E-state index is 0.0246. The zero-order chi connectivity index (χ0) is 19.2. The Hall–Kier alpha value is -1.86. The van der Waals surface area contributed by atoms with E-state index in [1.807, 2.05) is 65.6 Å². The lowest BCUT2D eigenvalue weighted by Crippen LogP contribution is -2.40. The van der Waals surface area contributed by atoms with Crippen LogP contribution < -0.4 is 10.6 Å². The van der Waals surface area contributed by atoms with Gasteiger partial charge in [-0.1, -0.05) is 88.4 Å². The molecule has 2 aromatic rings. The van der Waals surface area contributed by atoms with Crippen LogP contribution in [0.25, 0.3) is 0 Å². The summed E-state index contributed by atoms with van der Waals surface area (Å²) < 4.78 is 14.1. The summed E-state index contributed by atoms with van der Waals surface area (Å²) in [5.41, 5.74) is 0. The van der Waals surface area contributed by atoms with Crippen molar-refractivity contribution in [2.24, 2.45) is 11.8 Å². The van der Waals surface area contributed by atoms with Crippen molar-refractivity contribution in [1.29, 1.82) is 0 Å². The molecule has 26 heavy (non-hydrogen) atoms. The predicted molar refractivity (Wildman–Crippen MR) is 111 cm³/mol. The summed E-state index contributed by atoms with van der Waals surface area (Å²) in [6.45, 7) is 9.81. The highest BCUT2D eigenvalue weighted by Gasteiger charge is 2.32. The van der Waals surface area contributed by atoms with E-state index >= 15 is 0 Å². The lowest BCUT2D eigenvalue weighted by Gasteiger charge is -2.29. The van der Waals surface area contributed by atoms with Gasteiger partial charge in [0.05, 0.1) is 6.16 Å². The van der Waals surface area contributed by atoms with Crippen LogP contribution in [-0.4, -0.2) is 30.1 Å². The normalized spacial score (nSPS) is 11.8. The van der Waals surface area contributed by atoms with Crippen LogP contribution in [-0.2, 0) is 9.36 Å². The summed E-state index contributed by atoms with van der Waals surface area (Å²) in [6.07, 6.45) is 0.0421. The molecule has 0 atom stereocenters. The van der Waals surface area contributed by atoms with Crippen molar-refractivity contribution in [2.45, 2.75) is 27.7 Å². The first-order chi connectivity index (χ1) is 12.3. The van der Waals surface area contributed by atoms with E-state index in [9.17, 15) is 9.36 Å². The molecule has 0 radical (unpaired) electrons. The van der Waals surface area contributed by atoms with Crippen molar-refractivity contribution < 1.29 is 9.36 Å². The van der Waals surface area contributed by atoms with E-state index in [4.69, 9.17) is 0 Å². The first kappa shape index (κ1) is 20.5. The number of amides is 1. The van der Waals surface area contributed by atoms with Crippen LogP contribution in [0, 0.1) is 11.8 Å². The van der Waals surface area contributed by atoms with Gasteiger partial charge in [-0.05, 0) is 11.8 Å². The number of nitrogens with zero attached hydrogens (tertiary/aromatic N) is 1. The lowest BCUT2D eigenvalue weighted by atomic mass is 10.1. The third kappa shape index (κ3) is 5.32. The number of benzene rings is 2. The first-order valence-electron chi connectivity index (χ1n) is 9.31. The summed E-state index contributed by atoms with van der Waals surface area (Å²) in [5, 5.41) is 1.49. The van der Waals surface area contributed by atoms with Crippen LogP contribution in [0.15, 0.2) is 60.7 Å². The van der Waals surface area contributed by atoms with Crippen LogP contribution in [0.4, 0.5) is 0 Å². The third-order valence-corrected chi connectivity index (χ3v) is 7.21. The second kappa shape index (κ2) is 9.19. The maximum absolute atomic E-state index is 14.1. The van der Waals surface area contributed by atoms with Crippen LogP contribution in [0.1, 0.15) is 27.7 Å². The highest BCUT2D eigenvalue weighted by Crippen LogP contribution is 2.43. The second-order valence-electron chi connectivity index (χ2n) is 7.66. The van der Waals surface area contributed by atoms with E-state index in [0.717, 1.165) is 10.6 Å². The second-order valence-corrected chi connectivity index (χ2v) is 10.5. The average molecular weight is 371 g/mol. The van der Waals surface area contributed by atoms with Crippen molar-refractivity contribution in [3.8, 4) is 0 Å². The highest BCUT2D eigenvalue weighted by molar-refractivity contribution is 7.79. The molecule has 4 heteroatoms. The van der Waals surface area contributed by atoms with Gasteiger partial charge in [0.1, 0.15) is 0 Å². The van der Waals surface area contributed by atoms with E-state index in [-0.39, 0.29) is 12.1 Å². The first-order valence-corrected chi connectivity index (χ1v) is 11.2. The van der Waals surface area contributed by atoms with Crippen molar-refractivity contribution in [2.75, 3.05) is 19.3 Å². The molecule has 0 spiro atoms. The van der Waals surface area contributed by atoms with Gasteiger partial charge in [-0.2, -0.15) is 0 Å². The fraction of sp³-hybridized carbons (Fsp3) is 0.409. The summed E-state index contributed by atoms with van der Waals surface area (Å²) >= 11 is 0. The molecule has 0 aliphatic carbocycles. The zero-order valence-corrected chi connectivity index (χ0v) is 17.2. The number of rotatable bonds is 8. The molecule has 0 aliphatic rings. The number of hydrogen-bond donors (Lipinski definition) is 0. The Bertz CT molecular complexity index is 688. The minimum atomic E-state index is -3.01. The van der Waals surface area contributed by atoms with Crippen molar-refractivity contribution in [3.63, 3.8) is 0 Å². The Morgan fingerprint density at radius 3 is 1.54 bits per heavy atom. The van der Waals surface area contributed by atoms with Gasteiger partial charge >= 0.3 is 0 Å². The molecular weight excluding hydrogens is 341 g/mol. The number of carbonyl (C=O) groups excluding carboxylic acids is 1. The summed E-state index contributed by atoms with van der Waals surface area (Å²) in [5.74, 6) is 0.736. The molecule has 0 saturated heterocycles. The fourth-order valence-corrected chi connectivity index (χ4v) is 5.67. The minimum Gasteiger partial charge on any atom is -0.342 e. The number of carbonyl (C=O) groups is 1. The summed E-state index contributed by atoms with van der Waals surface area (Å²) in [6, 6.07) is 18.8. The van der Waals surface area contributed by atoms with E-state index in [1.165, 1.54) is 0 Å². The Kier molecular flexibility index (Phi) is 7.23. The van der Waals surface area contributed by atoms with Crippen molar-refractivity contribution in [1.82, 2.24) is 4.90 Å². The van der Waals surface area contributed by atoms with E-state index in [2.05, 4.69) is 27.7 Å². The lowest BCUT2D eigenvalue weighted by molar-refractivity contribution is -0.129. The highest BCUT2D eigenvalue weighted by atomic mass is 31.2. The van der Waals surface area contributed by atoms with Crippen LogP contribution in [0.5, 0.6) is 0 Å². The topological polar surface area (TPSA) is 37.4 Å². The van der Waals surface area contributed by atoms with Gasteiger partial charge in [-0.3, -0.25) is 4.79 Å². The SMILES string of the molecule is CC(C)CN(CC(C)C)C(=O)CP(=O)(c1ccccc1)c1ccccc1. The van der Waals surface area contributed by atoms with Crippen molar-refractivity contribution >= 4 is 23.7 Å². The molecule has 2 rings (SSSR count). The average Bonchev–Trinajstić information content (AvgIpc) is 2.61. The van der Waals surface area contributed by atoms with E-state index < -0.39 is 7.14 Å². The summed E-state index contributed by atoms with van der Waals surface area (Å²) in [7, 11) is -3.01. The predicted octanol–water partition coefficient (Wildman–Crippen LogP) is 4.14. The van der Waals surface area contributed by atoms with Crippen LogP contribution in [0.3, 0.4) is 0 Å². The van der Waals surface area contributed by atoms with Crippen LogP contribution >= 0.6 is 7.14 Å². The molecule has 140 valence electrons. The molecule has 0 bridgehead atoms. The van der Waals surface area contributed by atoms with Crippen molar-refractivity contribution in [3.05, 3.63) is 60.7 Å². The quantitative estimate of drug-likeness (QED) is 0.654. The molecule has 0 unspecified atom stereocenters. The molecule has 3 nitrogen and oxygen atoms in total. The Morgan fingerprint density at radius 1 is 0.808 bits per heavy atom. The van der Waals surface area contributed by atoms with Gasteiger partial charge in [-0.15, -0.1) is 0 Å². The van der Waals surface area contributed by atoms with Gasteiger partial charge < -0.3 is 9.46 Å². The zero-order valence-electron chi connectivity index (χ0n) is 16.3. The largest absolute Gasteiger partial charge is 0.342 e. The molecule has 0 heterocycles. The Labute approximate surface area is 157 Å². The van der Waals surface area contributed by atoms with E-state index in [1.54, 1.807) is 0 Å². The molecular formula is C22H30NO2P. The molecule has 0 fully saturated rings. The smallest absolute Gasteiger partial charge is 0.230 e. The molecule has 0 aromatic heterocycles.